The van der Waals surface area contributed by atoms with Gasteiger partial charge in [-0.2, -0.15) is 0 Å². The number of amides is 1. The lowest BCUT2D eigenvalue weighted by atomic mass is 10.0. The molecule has 140 valence electrons. The van der Waals surface area contributed by atoms with E-state index < -0.39 is 9.84 Å². The highest BCUT2D eigenvalue weighted by Gasteiger charge is 2.14. The summed E-state index contributed by atoms with van der Waals surface area (Å²) >= 11 is 11.9. The van der Waals surface area contributed by atoms with Crippen LogP contribution in [0.1, 0.15) is 36.9 Å². The minimum atomic E-state index is -3.23. The summed E-state index contributed by atoms with van der Waals surface area (Å²) in [6, 6.07) is 11.8. The fourth-order valence-electron chi connectivity index (χ4n) is 2.59. The van der Waals surface area contributed by atoms with Crippen molar-refractivity contribution in [2.24, 2.45) is 0 Å². The molecule has 0 bridgehead atoms. The van der Waals surface area contributed by atoms with Gasteiger partial charge in [0.25, 0.3) is 0 Å². The van der Waals surface area contributed by atoms with Crippen molar-refractivity contribution in [1.29, 1.82) is 0 Å². The van der Waals surface area contributed by atoms with Gasteiger partial charge in [-0.05, 0) is 48.2 Å². The van der Waals surface area contributed by atoms with Crippen LogP contribution in [-0.2, 0) is 21.1 Å². The number of carbonyl (C=O) groups excluding carboxylic acids is 1. The Morgan fingerprint density at radius 2 is 1.73 bits per heavy atom. The van der Waals surface area contributed by atoms with Crippen LogP contribution < -0.4 is 5.32 Å². The smallest absolute Gasteiger partial charge is 0.220 e. The van der Waals surface area contributed by atoms with Gasteiger partial charge in [0.05, 0.1) is 21.0 Å². The highest BCUT2D eigenvalue weighted by atomic mass is 35.5. The van der Waals surface area contributed by atoms with E-state index in [1.54, 1.807) is 36.4 Å². The van der Waals surface area contributed by atoms with E-state index >= 15 is 0 Å². The average molecular weight is 414 g/mol. The van der Waals surface area contributed by atoms with E-state index in [1.807, 2.05) is 13.0 Å². The molecule has 2 rings (SSSR count). The molecule has 0 radical (unpaired) electrons. The summed E-state index contributed by atoms with van der Waals surface area (Å²) in [6.07, 6.45) is 2.77. The minimum Gasteiger partial charge on any atom is -0.349 e. The third-order valence-corrected chi connectivity index (χ3v) is 5.95. The quantitative estimate of drug-likeness (QED) is 0.721. The molecule has 1 atom stereocenters. The summed E-state index contributed by atoms with van der Waals surface area (Å²) in [5.74, 6) is -0.0740. The fourth-order valence-corrected chi connectivity index (χ4v) is 3.54. The molecule has 7 heteroatoms. The Bertz CT molecular complexity index is 880. The van der Waals surface area contributed by atoms with Crippen molar-refractivity contribution < 1.29 is 13.2 Å². The number of halogens is 2. The standard InChI is InChI=1S/C19H21Cl2NO3S/c1-3-18(14-6-8-15(9-7-14)26(2,24)25)22-19(23)11-5-13-4-10-16(20)17(21)12-13/h4,6-10,12,18H,3,5,11H2,1-2H3,(H,22,23)/t18-/m0/s1. The molecule has 0 aliphatic rings. The lowest BCUT2D eigenvalue weighted by Gasteiger charge is -2.18. The van der Waals surface area contributed by atoms with Gasteiger partial charge in [0.1, 0.15) is 0 Å². The zero-order valence-corrected chi connectivity index (χ0v) is 17.0. The predicted molar refractivity (Wildman–Crippen MR) is 106 cm³/mol. The Balaban J connectivity index is 1.98. The Morgan fingerprint density at radius 1 is 1.08 bits per heavy atom. The van der Waals surface area contributed by atoms with E-state index in [4.69, 9.17) is 23.2 Å². The van der Waals surface area contributed by atoms with Gasteiger partial charge in [-0.15, -0.1) is 0 Å². The molecule has 0 unspecified atom stereocenters. The summed E-state index contributed by atoms with van der Waals surface area (Å²) in [7, 11) is -3.23. The number of benzene rings is 2. The Kier molecular flexibility index (Phi) is 7.09. The Labute approximate surface area is 164 Å². The van der Waals surface area contributed by atoms with E-state index in [0.717, 1.165) is 11.1 Å². The summed E-state index contributed by atoms with van der Waals surface area (Å²) in [4.78, 5) is 12.5. The molecule has 0 spiro atoms. The molecule has 0 aliphatic carbocycles. The number of rotatable bonds is 7. The predicted octanol–water partition coefficient (Wildman–Crippen LogP) is 4.60. The van der Waals surface area contributed by atoms with Crippen molar-refractivity contribution in [3.8, 4) is 0 Å². The first-order valence-corrected chi connectivity index (χ1v) is 10.9. The largest absolute Gasteiger partial charge is 0.349 e. The number of carbonyl (C=O) groups is 1. The molecule has 0 saturated heterocycles. The maximum atomic E-state index is 12.3. The van der Waals surface area contributed by atoms with Crippen molar-refractivity contribution in [3.63, 3.8) is 0 Å². The third-order valence-electron chi connectivity index (χ3n) is 4.08. The van der Waals surface area contributed by atoms with Gasteiger partial charge in [0, 0.05) is 12.7 Å². The molecular weight excluding hydrogens is 393 g/mol. The first kappa shape index (κ1) is 20.7. The van der Waals surface area contributed by atoms with Crippen LogP contribution in [0.5, 0.6) is 0 Å². The second kappa shape index (κ2) is 8.89. The van der Waals surface area contributed by atoms with Crippen LogP contribution in [0, 0.1) is 0 Å². The summed E-state index contributed by atoms with van der Waals surface area (Å²) in [5.41, 5.74) is 1.82. The number of hydrogen-bond acceptors (Lipinski definition) is 3. The highest BCUT2D eigenvalue weighted by Crippen LogP contribution is 2.23. The molecule has 1 amide bonds. The van der Waals surface area contributed by atoms with Gasteiger partial charge in [-0.1, -0.05) is 48.3 Å². The SMILES string of the molecule is CC[C@H](NC(=O)CCc1ccc(Cl)c(Cl)c1)c1ccc(S(C)(=O)=O)cc1. The molecule has 0 saturated carbocycles. The molecule has 2 aromatic carbocycles. The average Bonchev–Trinajstić information content (AvgIpc) is 2.60. The normalized spacial score (nSPS) is 12.6. The first-order valence-electron chi connectivity index (χ1n) is 8.24. The van der Waals surface area contributed by atoms with E-state index in [2.05, 4.69) is 5.32 Å². The van der Waals surface area contributed by atoms with Gasteiger partial charge in [0.15, 0.2) is 9.84 Å². The molecular formula is C19H21Cl2NO3S. The highest BCUT2D eigenvalue weighted by molar-refractivity contribution is 7.90. The molecule has 1 N–H and O–H groups in total. The second-order valence-electron chi connectivity index (χ2n) is 6.12. The van der Waals surface area contributed by atoms with E-state index in [1.165, 1.54) is 6.26 Å². The molecule has 0 aromatic heterocycles. The molecule has 0 fully saturated rings. The third kappa shape index (κ3) is 5.73. The fraction of sp³-hybridized carbons (Fsp3) is 0.316. The van der Waals surface area contributed by atoms with E-state index in [-0.39, 0.29) is 16.8 Å². The Morgan fingerprint density at radius 3 is 2.27 bits per heavy atom. The van der Waals surface area contributed by atoms with Gasteiger partial charge in [-0.3, -0.25) is 4.79 Å². The van der Waals surface area contributed by atoms with E-state index in [0.29, 0.717) is 29.3 Å². The van der Waals surface area contributed by atoms with Crippen LogP contribution in [0.25, 0.3) is 0 Å². The van der Waals surface area contributed by atoms with E-state index in [9.17, 15) is 13.2 Å². The van der Waals surface area contributed by atoms with Gasteiger partial charge in [0.2, 0.25) is 5.91 Å². The molecule has 0 aliphatic heterocycles. The van der Waals surface area contributed by atoms with Crippen LogP contribution >= 0.6 is 23.2 Å². The van der Waals surface area contributed by atoms with Crippen LogP contribution in [0.15, 0.2) is 47.4 Å². The van der Waals surface area contributed by atoms with Crippen molar-refractivity contribution in [1.82, 2.24) is 5.32 Å². The maximum absolute atomic E-state index is 12.3. The lowest BCUT2D eigenvalue weighted by molar-refractivity contribution is -0.121. The van der Waals surface area contributed by atoms with Crippen molar-refractivity contribution >= 4 is 38.9 Å². The van der Waals surface area contributed by atoms with Gasteiger partial charge >= 0.3 is 0 Å². The van der Waals surface area contributed by atoms with Gasteiger partial charge in [-0.25, -0.2) is 8.42 Å². The van der Waals surface area contributed by atoms with Gasteiger partial charge < -0.3 is 5.32 Å². The van der Waals surface area contributed by atoms with Crippen LogP contribution in [-0.4, -0.2) is 20.6 Å². The molecule has 2 aromatic rings. The summed E-state index contributed by atoms with van der Waals surface area (Å²) in [5, 5.41) is 3.95. The monoisotopic (exact) mass is 413 g/mol. The first-order chi connectivity index (χ1) is 12.2. The topological polar surface area (TPSA) is 63.2 Å². The number of aryl methyl sites for hydroxylation is 1. The van der Waals surface area contributed by atoms with Crippen molar-refractivity contribution in [3.05, 3.63) is 63.6 Å². The number of hydrogen-bond donors (Lipinski definition) is 1. The Hall–Kier alpha value is -1.56. The van der Waals surface area contributed by atoms with Crippen molar-refractivity contribution in [2.75, 3.05) is 6.26 Å². The van der Waals surface area contributed by atoms with Crippen LogP contribution in [0.4, 0.5) is 0 Å². The lowest BCUT2D eigenvalue weighted by Crippen LogP contribution is -2.28. The molecule has 26 heavy (non-hydrogen) atoms. The number of sulfone groups is 1. The second-order valence-corrected chi connectivity index (χ2v) is 8.95. The summed E-state index contributed by atoms with van der Waals surface area (Å²) in [6.45, 7) is 1.97. The van der Waals surface area contributed by atoms with Crippen LogP contribution in [0.3, 0.4) is 0 Å². The molecule has 4 nitrogen and oxygen atoms in total. The zero-order valence-electron chi connectivity index (χ0n) is 14.6. The minimum absolute atomic E-state index is 0.0740. The summed E-state index contributed by atoms with van der Waals surface area (Å²) < 4.78 is 23.1. The maximum Gasteiger partial charge on any atom is 0.220 e. The van der Waals surface area contributed by atoms with Crippen LogP contribution in [0.2, 0.25) is 10.0 Å². The molecule has 0 heterocycles. The van der Waals surface area contributed by atoms with Crippen molar-refractivity contribution in [2.45, 2.75) is 37.1 Å². The number of nitrogens with one attached hydrogen (secondary N) is 1. The zero-order chi connectivity index (χ0) is 19.3.